The lowest BCUT2D eigenvalue weighted by Gasteiger charge is -2.36. The van der Waals surface area contributed by atoms with Gasteiger partial charge in [0.1, 0.15) is 0 Å². The number of hydrogen-bond acceptors (Lipinski definition) is 7. The van der Waals surface area contributed by atoms with E-state index in [0.717, 1.165) is 53.1 Å². The van der Waals surface area contributed by atoms with Crippen LogP contribution in [0.5, 0.6) is 5.88 Å². The van der Waals surface area contributed by atoms with E-state index in [1.165, 1.54) is 15.9 Å². The van der Waals surface area contributed by atoms with Crippen LogP contribution >= 0.6 is 27.3 Å². The molecule has 160 valence electrons. The molecule has 0 bridgehead atoms. The molecule has 30 heavy (non-hydrogen) atoms. The van der Waals surface area contributed by atoms with Crippen molar-refractivity contribution in [3.05, 3.63) is 45.0 Å². The third-order valence-electron chi connectivity index (χ3n) is 5.51. The average Bonchev–Trinajstić information content (AvgIpc) is 3.29. The maximum atomic E-state index is 12.1. The number of piperidine rings is 1. The number of nitrogens with zero attached hydrogens (tertiary/aromatic N) is 4. The lowest BCUT2D eigenvalue weighted by atomic mass is 9.94. The van der Waals surface area contributed by atoms with Gasteiger partial charge in [-0.15, -0.1) is 5.10 Å². The van der Waals surface area contributed by atoms with Gasteiger partial charge in [-0.2, -0.15) is 4.52 Å². The van der Waals surface area contributed by atoms with Gasteiger partial charge in [0.2, 0.25) is 10.8 Å². The summed E-state index contributed by atoms with van der Waals surface area (Å²) in [5.74, 6) is 0.696. The summed E-state index contributed by atoms with van der Waals surface area (Å²) in [6.45, 7) is 5.74. The Kier molecular flexibility index (Phi) is 6.40. The summed E-state index contributed by atoms with van der Waals surface area (Å²) in [7, 11) is 0. The van der Waals surface area contributed by atoms with Gasteiger partial charge >= 0.3 is 5.97 Å². The molecule has 0 amide bonds. The Hall–Kier alpha value is -1.97. The molecule has 1 atom stereocenters. The highest BCUT2D eigenvalue weighted by Crippen LogP contribution is 2.41. The third-order valence-corrected chi connectivity index (χ3v) is 7.11. The van der Waals surface area contributed by atoms with E-state index >= 15 is 0 Å². The van der Waals surface area contributed by atoms with Crippen molar-refractivity contribution in [3.63, 3.8) is 0 Å². The van der Waals surface area contributed by atoms with Gasteiger partial charge in [0.25, 0.3) is 0 Å². The molecule has 3 aromatic rings. The number of aromatic hydroxyl groups is 1. The maximum absolute atomic E-state index is 12.1. The predicted molar refractivity (Wildman–Crippen MR) is 119 cm³/mol. The minimum atomic E-state index is -0.125. The highest BCUT2D eigenvalue weighted by molar-refractivity contribution is 9.10. The monoisotopic (exact) mass is 492 g/mol. The van der Waals surface area contributed by atoms with Crippen molar-refractivity contribution in [1.82, 2.24) is 19.5 Å². The summed E-state index contributed by atoms with van der Waals surface area (Å²) >= 11 is 4.97. The molecule has 2 aromatic heterocycles. The van der Waals surface area contributed by atoms with E-state index in [1.807, 2.05) is 26.0 Å². The van der Waals surface area contributed by atoms with Crippen LogP contribution in [-0.2, 0) is 16.0 Å². The number of aryl methyl sites for hydroxylation is 1. The molecular weight excluding hydrogens is 468 g/mol. The number of aromatic nitrogens is 3. The van der Waals surface area contributed by atoms with Gasteiger partial charge < -0.3 is 9.84 Å². The Morgan fingerprint density at radius 3 is 2.60 bits per heavy atom. The molecule has 7 nitrogen and oxygen atoms in total. The van der Waals surface area contributed by atoms with Crippen molar-refractivity contribution in [2.24, 2.45) is 5.92 Å². The van der Waals surface area contributed by atoms with Crippen LogP contribution < -0.4 is 0 Å². The number of halogens is 1. The van der Waals surface area contributed by atoms with E-state index in [1.54, 1.807) is 0 Å². The maximum Gasteiger partial charge on any atom is 0.309 e. The molecule has 4 rings (SSSR count). The summed E-state index contributed by atoms with van der Waals surface area (Å²) in [6, 6.07) is 8.03. The average molecular weight is 493 g/mol. The van der Waals surface area contributed by atoms with Crippen LogP contribution in [0.25, 0.3) is 4.96 Å². The molecule has 1 aliphatic rings. The van der Waals surface area contributed by atoms with Gasteiger partial charge in [-0.05, 0) is 50.6 Å². The first-order valence-corrected chi connectivity index (χ1v) is 11.9. The van der Waals surface area contributed by atoms with Crippen LogP contribution in [0.15, 0.2) is 28.7 Å². The number of rotatable bonds is 6. The quantitative estimate of drug-likeness (QED) is 0.519. The molecule has 0 aliphatic carbocycles. The minimum Gasteiger partial charge on any atom is -0.492 e. The number of carbonyl (C=O) groups excluding carboxylic acids is 1. The number of ether oxygens (including phenoxy) is 1. The van der Waals surface area contributed by atoms with E-state index in [9.17, 15) is 9.90 Å². The van der Waals surface area contributed by atoms with Crippen molar-refractivity contribution >= 4 is 38.2 Å². The van der Waals surface area contributed by atoms with Crippen LogP contribution in [0.4, 0.5) is 0 Å². The van der Waals surface area contributed by atoms with Crippen LogP contribution in [0, 0.1) is 5.92 Å². The first kappa shape index (κ1) is 21.3. The molecule has 0 spiro atoms. The summed E-state index contributed by atoms with van der Waals surface area (Å²) in [5, 5.41) is 15.4. The van der Waals surface area contributed by atoms with Gasteiger partial charge in [0.05, 0.1) is 23.4 Å². The number of thiazole rings is 1. The van der Waals surface area contributed by atoms with Crippen LogP contribution in [0.1, 0.15) is 49.0 Å². The molecular formula is C21H25BrN4O3S. The van der Waals surface area contributed by atoms with Crippen molar-refractivity contribution in [1.29, 1.82) is 0 Å². The minimum absolute atomic E-state index is 0.0604. The van der Waals surface area contributed by atoms with Gasteiger partial charge in [-0.1, -0.05) is 46.3 Å². The van der Waals surface area contributed by atoms with E-state index in [2.05, 4.69) is 43.0 Å². The highest BCUT2D eigenvalue weighted by Gasteiger charge is 2.34. The predicted octanol–water partition coefficient (Wildman–Crippen LogP) is 4.19. The number of benzene rings is 1. The Morgan fingerprint density at radius 1 is 1.30 bits per heavy atom. The molecule has 0 radical (unpaired) electrons. The first-order valence-electron chi connectivity index (χ1n) is 10.2. The van der Waals surface area contributed by atoms with E-state index in [-0.39, 0.29) is 23.8 Å². The summed E-state index contributed by atoms with van der Waals surface area (Å²) in [6.07, 6.45) is 2.21. The number of esters is 1. The van der Waals surface area contributed by atoms with Gasteiger partial charge in [-0.25, -0.2) is 4.98 Å². The number of hydrogen-bond donors (Lipinski definition) is 1. The van der Waals surface area contributed by atoms with Crippen LogP contribution in [-0.4, -0.2) is 50.3 Å². The molecule has 1 aliphatic heterocycles. The van der Waals surface area contributed by atoms with Gasteiger partial charge in [0.15, 0.2) is 5.82 Å². The number of fused-ring (bicyclic) bond motifs is 1. The van der Waals surface area contributed by atoms with E-state index < -0.39 is 0 Å². The highest BCUT2D eigenvalue weighted by atomic mass is 79.9. The van der Waals surface area contributed by atoms with Crippen LogP contribution in [0.3, 0.4) is 0 Å². The van der Waals surface area contributed by atoms with Crippen molar-refractivity contribution in [3.8, 4) is 5.88 Å². The number of carbonyl (C=O) groups is 1. The Morgan fingerprint density at radius 2 is 2.00 bits per heavy atom. The second kappa shape index (κ2) is 9.03. The van der Waals surface area contributed by atoms with E-state index in [0.29, 0.717) is 11.6 Å². The SMILES string of the molecule is CCOC(=O)C1CCN([C@H](c2ccc(Br)cc2)c2sc3nc(CC)nn3c2O)CC1. The summed E-state index contributed by atoms with van der Waals surface area (Å²) < 4.78 is 7.75. The second-order valence-electron chi connectivity index (χ2n) is 7.38. The number of likely N-dealkylation sites (tertiary alicyclic amines) is 1. The Bertz CT molecular complexity index is 1020. The van der Waals surface area contributed by atoms with Gasteiger partial charge in [-0.3, -0.25) is 9.69 Å². The largest absolute Gasteiger partial charge is 0.492 e. The van der Waals surface area contributed by atoms with Crippen molar-refractivity contribution in [2.45, 2.75) is 39.2 Å². The molecule has 1 fully saturated rings. The summed E-state index contributed by atoms with van der Waals surface area (Å²) in [5.41, 5.74) is 1.09. The molecule has 0 unspecified atom stereocenters. The van der Waals surface area contributed by atoms with Crippen LogP contribution in [0.2, 0.25) is 0 Å². The van der Waals surface area contributed by atoms with Crippen molar-refractivity contribution in [2.75, 3.05) is 19.7 Å². The first-order chi connectivity index (χ1) is 14.5. The van der Waals surface area contributed by atoms with E-state index in [4.69, 9.17) is 4.74 Å². The third kappa shape index (κ3) is 4.10. The van der Waals surface area contributed by atoms with Gasteiger partial charge in [0, 0.05) is 10.9 Å². The molecule has 0 saturated carbocycles. The second-order valence-corrected chi connectivity index (χ2v) is 9.31. The fourth-order valence-corrected chi connectivity index (χ4v) is 5.35. The zero-order valence-electron chi connectivity index (χ0n) is 17.0. The topological polar surface area (TPSA) is 80.0 Å². The summed E-state index contributed by atoms with van der Waals surface area (Å²) in [4.78, 5) is 20.5. The molecule has 1 saturated heterocycles. The standard InChI is InChI=1S/C21H25BrN4O3S/c1-3-16-23-21-26(24-16)19(27)18(30-21)17(13-5-7-15(22)8-6-13)25-11-9-14(10-12-25)20(28)29-4-2/h5-8,14,17,27H,3-4,9-12H2,1-2H3/t17-/m1/s1. The zero-order chi connectivity index (χ0) is 21.3. The smallest absolute Gasteiger partial charge is 0.309 e. The molecule has 1 N–H and O–H groups in total. The molecule has 9 heteroatoms. The van der Waals surface area contributed by atoms with Crippen molar-refractivity contribution < 1.29 is 14.6 Å². The molecule has 3 heterocycles. The zero-order valence-corrected chi connectivity index (χ0v) is 19.4. The molecule has 1 aromatic carbocycles. The lowest BCUT2D eigenvalue weighted by Crippen LogP contribution is -2.39. The Balaban J connectivity index is 1.66. The normalized spacial score (nSPS) is 16.8. The fraction of sp³-hybridized carbons (Fsp3) is 0.476. The Labute approximate surface area is 187 Å². The fourth-order valence-electron chi connectivity index (χ4n) is 3.95. The lowest BCUT2D eigenvalue weighted by molar-refractivity contribution is -0.149.